The van der Waals surface area contributed by atoms with E-state index in [1.165, 1.54) is 6.92 Å². The number of aromatic amines is 1. The van der Waals surface area contributed by atoms with Crippen LogP contribution in [-0.4, -0.2) is 38.0 Å². The molecule has 8 nitrogen and oxygen atoms in total. The number of H-pyrrole nitrogens is 1. The molecule has 0 aliphatic carbocycles. The minimum absolute atomic E-state index is 0.0366. The van der Waals surface area contributed by atoms with E-state index in [1.54, 1.807) is 12.3 Å². The number of nitrogens with zero attached hydrogens (tertiary/aromatic N) is 5. The molecule has 0 saturated heterocycles. The van der Waals surface area contributed by atoms with Gasteiger partial charge in [0.05, 0.1) is 18.5 Å². The van der Waals surface area contributed by atoms with E-state index >= 15 is 0 Å². The van der Waals surface area contributed by atoms with Crippen LogP contribution in [0.2, 0.25) is 0 Å². The second-order valence-corrected chi connectivity index (χ2v) is 5.69. The van der Waals surface area contributed by atoms with E-state index in [2.05, 4.69) is 30.3 Å². The number of aliphatic imine (C=N–C) groups is 1. The number of hydrogen-bond donors (Lipinski definition) is 1. The van der Waals surface area contributed by atoms with Crippen molar-refractivity contribution in [2.45, 2.75) is 25.3 Å². The van der Waals surface area contributed by atoms with E-state index in [1.807, 2.05) is 12.1 Å². The van der Waals surface area contributed by atoms with Crippen molar-refractivity contribution in [1.82, 2.24) is 20.5 Å². The molecule has 0 amide bonds. The fourth-order valence-corrected chi connectivity index (χ4v) is 3.14. The van der Waals surface area contributed by atoms with Crippen LogP contribution in [0.1, 0.15) is 30.4 Å². The van der Waals surface area contributed by atoms with Gasteiger partial charge in [0.2, 0.25) is 0 Å². The zero-order chi connectivity index (χ0) is 16.7. The Morgan fingerprint density at radius 2 is 2.25 bits per heavy atom. The molecule has 3 aromatic rings. The summed E-state index contributed by atoms with van der Waals surface area (Å²) in [5.74, 6) is 0.203. The molecule has 0 spiro atoms. The number of aromatic nitrogens is 4. The number of nitrogens with one attached hydrogen (secondary N) is 1. The van der Waals surface area contributed by atoms with Crippen molar-refractivity contribution in [3.8, 4) is 0 Å². The van der Waals surface area contributed by atoms with Crippen LogP contribution in [0.3, 0.4) is 0 Å². The molecule has 4 rings (SSSR count). The molecule has 0 fully saturated rings. The number of carbonyl (C=O) groups is 1. The van der Waals surface area contributed by atoms with Crippen LogP contribution < -0.4 is 0 Å². The SMILES string of the molecule is [C-]#[N+]C1C(CC(C)=O)=Nc2[nH]ncc2C1c1cccc2nonc12. The minimum atomic E-state index is -0.596. The lowest BCUT2D eigenvalue weighted by molar-refractivity contribution is -0.115. The highest BCUT2D eigenvalue weighted by Gasteiger charge is 2.41. The van der Waals surface area contributed by atoms with Gasteiger partial charge in [-0.25, -0.2) is 16.2 Å². The molecule has 2 atom stereocenters. The second-order valence-electron chi connectivity index (χ2n) is 5.69. The Hall–Kier alpha value is -3.34. The number of ketones is 1. The Morgan fingerprint density at radius 3 is 3.04 bits per heavy atom. The second kappa shape index (κ2) is 5.38. The van der Waals surface area contributed by atoms with Gasteiger partial charge >= 0.3 is 0 Å². The first-order chi connectivity index (χ1) is 11.7. The highest BCUT2D eigenvalue weighted by atomic mass is 16.6. The van der Waals surface area contributed by atoms with Crippen molar-refractivity contribution in [1.29, 1.82) is 0 Å². The van der Waals surface area contributed by atoms with E-state index in [-0.39, 0.29) is 18.1 Å². The molecule has 0 radical (unpaired) electrons. The van der Waals surface area contributed by atoms with Crippen LogP contribution in [0.4, 0.5) is 5.82 Å². The summed E-state index contributed by atoms with van der Waals surface area (Å²) in [6.07, 6.45) is 1.80. The maximum absolute atomic E-state index is 11.6. The quantitative estimate of drug-likeness (QED) is 0.747. The van der Waals surface area contributed by atoms with Gasteiger partial charge < -0.3 is 4.85 Å². The van der Waals surface area contributed by atoms with Gasteiger partial charge in [-0.2, -0.15) is 5.10 Å². The van der Waals surface area contributed by atoms with Crippen LogP contribution in [0.5, 0.6) is 0 Å². The first-order valence-corrected chi connectivity index (χ1v) is 7.37. The third-order valence-corrected chi connectivity index (χ3v) is 4.12. The monoisotopic (exact) mass is 320 g/mol. The molecule has 1 aliphatic rings. The lowest BCUT2D eigenvalue weighted by Gasteiger charge is -2.23. The van der Waals surface area contributed by atoms with Crippen LogP contribution >= 0.6 is 0 Å². The van der Waals surface area contributed by atoms with Gasteiger partial charge in [0, 0.05) is 5.56 Å². The van der Waals surface area contributed by atoms with E-state index in [0.717, 1.165) is 11.1 Å². The van der Waals surface area contributed by atoms with Crippen molar-refractivity contribution in [2.24, 2.45) is 4.99 Å². The van der Waals surface area contributed by atoms with Gasteiger partial charge in [-0.05, 0) is 28.9 Å². The molecule has 0 bridgehead atoms. The normalized spacial score (nSPS) is 19.6. The average Bonchev–Trinajstić information content (AvgIpc) is 3.21. The van der Waals surface area contributed by atoms with E-state index in [9.17, 15) is 4.79 Å². The van der Waals surface area contributed by atoms with E-state index in [4.69, 9.17) is 11.2 Å². The molecule has 3 heterocycles. The lowest BCUT2D eigenvalue weighted by Crippen LogP contribution is -2.30. The third-order valence-electron chi connectivity index (χ3n) is 4.12. The summed E-state index contributed by atoms with van der Waals surface area (Å²) in [7, 11) is 0. The molecule has 1 aliphatic heterocycles. The van der Waals surface area contributed by atoms with E-state index in [0.29, 0.717) is 22.6 Å². The molecular weight excluding hydrogens is 308 g/mol. The first-order valence-electron chi connectivity index (χ1n) is 7.37. The van der Waals surface area contributed by atoms with Gasteiger partial charge in [-0.3, -0.25) is 9.89 Å². The zero-order valence-electron chi connectivity index (χ0n) is 12.7. The average molecular weight is 320 g/mol. The fourth-order valence-electron chi connectivity index (χ4n) is 3.14. The highest BCUT2D eigenvalue weighted by Crippen LogP contribution is 2.41. The maximum Gasteiger partial charge on any atom is 0.273 e. The van der Waals surface area contributed by atoms with Crippen LogP contribution in [-0.2, 0) is 4.79 Å². The summed E-state index contributed by atoms with van der Waals surface area (Å²) in [6, 6.07) is 4.94. The molecule has 1 aromatic carbocycles. The Morgan fingerprint density at radius 1 is 1.38 bits per heavy atom. The standard InChI is InChI=1S/C16H12N6O2/c1-8(23)6-12-15(17-2)13(10-7-18-20-16(10)19-12)9-4-3-5-11-14(9)22-24-21-11/h3-5,7,13,15H,6H2,1H3,(H,18,20). The Bertz CT molecular complexity index is 1010. The van der Waals surface area contributed by atoms with Crippen LogP contribution in [0.15, 0.2) is 34.0 Å². The number of benzene rings is 1. The number of hydrogen-bond acceptors (Lipinski definition) is 6. The maximum atomic E-state index is 11.6. The topological polar surface area (TPSA) is 101 Å². The van der Waals surface area contributed by atoms with Crippen LogP contribution in [0, 0.1) is 6.57 Å². The summed E-state index contributed by atoms with van der Waals surface area (Å²) in [6.45, 7) is 9.15. The Labute approximate surface area is 136 Å². The summed E-state index contributed by atoms with van der Waals surface area (Å²) in [5, 5.41) is 14.7. The molecule has 8 heteroatoms. The zero-order valence-corrected chi connectivity index (χ0v) is 12.7. The van der Waals surface area contributed by atoms with Crippen molar-refractivity contribution in [2.75, 3.05) is 0 Å². The number of rotatable bonds is 3. The van der Waals surface area contributed by atoms with Gasteiger partial charge in [-0.1, -0.05) is 12.1 Å². The molecule has 0 saturated carbocycles. The summed E-state index contributed by atoms with van der Waals surface area (Å²) in [4.78, 5) is 19.8. The number of fused-ring (bicyclic) bond motifs is 2. The summed E-state index contributed by atoms with van der Waals surface area (Å²) >= 11 is 0. The number of carbonyl (C=O) groups excluding carboxylic acids is 1. The molecule has 24 heavy (non-hydrogen) atoms. The van der Waals surface area contributed by atoms with Crippen molar-refractivity contribution < 1.29 is 9.42 Å². The predicted molar refractivity (Wildman–Crippen MR) is 85.0 cm³/mol. The fraction of sp³-hybridized carbons (Fsp3) is 0.250. The smallest absolute Gasteiger partial charge is 0.273 e. The largest absolute Gasteiger partial charge is 0.306 e. The molecular formula is C16H12N6O2. The third kappa shape index (κ3) is 2.10. The Balaban J connectivity index is 1.94. The first kappa shape index (κ1) is 14.3. The summed E-state index contributed by atoms with van der Waals surface area (Å²) < 4.78 is 4.84. The highest BCUT2D eigenvalue weighted by molar-refractivity contribution is 6.07. The van der Waals surface area contributed by atoms with Gasteiger partial charge in [0.15, 0.2) is 5.82 Å². The van der Waals surface area contributed by atoms with Crippen molar-refractivity contribution in [3.63, 3.8) is 0 Å². The minimum Gasteiger partial charge on any atom is -0.306 e. The van der Waals surface area contributed by atoms with E-state index < -0.39 is 6.04 Å². The van der Waals surface area contributed by atoms with Gasteiger partial charge in [-0.15, -0.1) is 0 Å². The van der Waals surface area contributed by atoms with Gasteiger partial charge in [0.1, 0.15) is 22.5 Å². The molecule has 2 aromatic heterocycles. The predicted octanol–water partition coefficient (Wildman–Crippen LogP) is 2.43. The molecule has 2 unspecified atom stereocenters. The molecule has 118 valence electrons. The molecule has 1 N–H and O–H groups in total. The number of Topliss-reactive ketones (excluding diaryl/α,β-unsaturated/α-hetero) is 1. The van der Waals surface area contributed by atoms with Crippen molar-refractivity contribution >= 4 is 28.3 Å². The van der Waals surface area contributed by atoms with Crippen molar-refractivity contribution in [3.05, 3.63) is 46.9 Å². The Kier molecular flexibility index (Phi) is 3.20. The lowest BCUT2D eigenvalue weighted by atomic mass is 9.81. The summed E-state index contributed by atoms with van der Waals surface area (Å²) in [5.41, 5.74) is 3.38. The van der Waals surface area contributed by atoms with Gasteiger partial charge in [0.25, 0.3) is 6.04 Å². The van der Waals surface area contributed by atoms with Crippen LogP contribution in [0.25, 0.3) is 15.9 Å².